The number of nitrogens with one attached hydrogen (secondary N) is 1. The molecule has 0 spiro atoms. The van der Waals surface area contributed by atoms with Crippen LogP contribution in [0.25, 0.3) is 0 Å². The molecule has 6 heteroatoms. The van der Waals surface area contributed by atoms with Crippen molar-refractivity contribution in [2.75, 3.05) is 13.1 Å². The zero-order chi connectivity index (χ0) is 16.7. The summed E-state index contributed by atoms with van der Waals surface area (Å²) in [5.74, 6) is -0.0900. The van der Waals surface area contributed by atoms with Gasteiger partial charge >= 0.3 is 0 Å². The predicted octanol–water partition coefficient (Wildman–Crippen LogP) is 2.01. The summed E-state index contributed by atoms with van der Waals surface area (Å²) in [6, 6.07) is 17.8. The van der Waals surface area contributed by atoms with E-state index in [0.717, 1.165) is 5.56 Å². The first kappa shape index (κ1) is 17.2. The lowest BCUT2D eigenvalue weighted by Crippen LogP contribution is -2.37. The molecular weight excluding hydrogens is 312 g/mol. The fourth-order valence-electron chi connectivity index (χ4n) is 2.15. The van der Waals surface area contributed by atoms with Gasteiger partial charge in [0, 0.05) is 26.6 Å². The molecule has 0 unspecified atom stereocenters. The molecule has 0 heterocycles. The Labute approximate surface area is 137 Å². The van der Waals surface area contributed by atoms with Crippen molar-refractivity contribution >= 4 is 15.9 Å². The van der Waals surface area contributed by atoms with Gasteiger partial charge < -0.3 is 4.90 Å². The summed E-state index contributed by atoms with van der Waals surface area (Å²) in [5.41, 5.74) is 1.01. The average Bonchev–Trinajstić information content (AvgIpc) is 2.55. The van der Waals surface area contributed by atoms with E-state index in [9.17, 15) is 13.2 Å². The van der Waals surface area contributed by atoms with Crippen LogP contribution in [0.2, 0.25) is 0 Å². The van der Waals surface area contributed by atoms with Crippen LogP contribution in [0.3, 0.4) is 0 Å². The number of sulfonamides is 1. The number of hydrogen-bond donors (Lipinski definition) is 1. The van der Waals surface area contributed by atoms with E-state index in [2.05, 4.69) is 4.72 Å². The Morgan fingerprint density at radius 2 is 1.57 bits per heavy atom. The van der Waals surface area contributed by atoms with Gasteiger partial charge in [-0.05, 0) is 17.7 Å². The molecule has 0 bridgehead atoms. The SMILES string of the molecule is CC(=O)N(CCNS(=O)(=O)c1ccccc1)Cc1ccccc1. The van der Waals surface area contributed by atoms with Gasteiger partial charge in [-0.3, -0.25) is 4.79 Å². The first-order valence-electron chi connectivity index (χ1n) is 7.33. The van der Waals surface area contributed by atoms with Crippen LogP contribution in [-0.4, -0.2) is 32.3 Å². The van der Waals surface area contributed by atoms with Gasteiger partial charge in [0.1, 0.15) is 0 Å². The lowest BCUT2D eigenvalue weighted by molar-refractivity contribution is -0.129. The lowest BCUT2D eigenvalue weighted by Gasteiger charge is -2.21. The van der Waals surface area contributed by atoms with Crippen molar-refractivity contribution in [3.8, 4) is 0 Å². The predicted molar refractivity (Wildman–Crippen MR) is 89.2 cm³/mol. The van der Waals surface area contributed by atoms with Crippen LogP contribution in [0.1, 0.15) is 12.5 Å². The van der Waals surface area contributed by atoms with Crippen LogP contribution in [0.4, 0.5) is 0 Å². The van der Waals surface area contributed by atoms with Gasteiger partial charge in [0.25, 0.3) is 0 Å². The van der Waals surface area contributed by atoms with Gasteiger partial charge in [0.05, 0.1) is 4.90 Å². The summed E-state index contributed by atoms with van der Waals surface area (Å²) in [7, 11) is -3.54. The third kappa shape index (κ3) is 5.19. The van der Waals surface area contributed by atoms with Crippen LogP contribution in [0.5, 0.6) is 0 Å². The Bertz CT molecular complexity index is 731. The lowest BCUT2D eigenvalue weighted by atomic mass is 10.2. The second kappa shape index (κ2) is 7.89. The van der Waals surface area contributed by atoms with E-state index in [0.29, 0.717) is 13.1 Å². The van der Waals surface area contributed by atoms with Crippen LogP contribution < -0.4 is 4.72 Å². The molecule has 122 valence electrons. The molecule has 0 aliphatic carbocycles. The van der Waals surface area contributed by atoms with E-state index in [1.165, 1.54) is 19.1 Å². The number of amides is 1. The molecule has 2 aromatic rings. The molecule has 1 amide bonds. The number of benzene rings is 2. The molecule has 2 aromatic carbocycles. The molecule has 0 saturated carbocycles. The Balaban J connectivity index is 1.93. The van der Waals surface area contributed by atoms with Gasteiger partial charge in [-0.1, -0.05) is 48.5 Å². The van der Waals surface area contributed by atoms with Crippen LogP contribution >= 0.6 is 0 Å². The van der Waals surface area contributed by atoms with E-state index in [1.807, 2.05) is 30.3 Å². The number of nitrogens with zero attached hydrogens (tertiary/aromatic N) is 1. The average molecular weight is 332 g/mol. The molecule has 0 saturated heterocycles. The monoisotopic (exact) mass is 332 g/mol. The molecule has 0 atom stereocenters. The van der Waals surface area contributed by atoms with Gasteiger partial charge in [-0.2, -0.15) is 0 Å². The summed E-state index contributed by atoms with van der Waals surface area (Å²) in [6.07, 6.45) is 0. The van der Waals surface area contributed by atoms with Crippen molar-refractivity contribution < 1.29 is 13.2 Å². The molecular formula is C17H20N2O3S. The summed E-state index contributed by atoms with van der Waals surface area (Å²) in [6.45, 7) is 2.43. The Kier molecular flexibility index (Phi) is 5.90. The maximum absolute atomic E-state index is 12.1. The smallest absolute Gasteiger partial charge is 0.240 e. The van der Waals surface area contributed by atoms with Crippen molar-refractivity contribution in [1.29, 1.82) is 0 Å². The van der Waals surface area contributed by atoms with Gasteiger partial charge in [-0.25, -0.2) is 13.1 Å². The summed E-state index contributed by atoms with van der Waals surface area (Å²) < 4.78 is 26.8. The quantitative estimate of drug-likeness (QED) is 0.843. The number of carbonyl (C=O) groups excluding carboxylic acids is 1. The standard InChI is InChI=1S/C17H20N2O3S/c1-15(20)19(14-16-8-4-2-5-9-16)13-12-18-23(21,22)17-10-6-3-7-11-17/h2-11,18H,12-14H2,1H3. The molecule has 0 aliphatic rings. The molecule has 5 nitrogen and oxygen atoms in total. The Morgan fingerprint density at radius 3 is 2.13 bits per heavy atom. The highest BCUT2D eigenvalue weighted by molar-refractivity contribution is 7.89. The molecule has 1 N–H and O–H groups in total. The molecule has 2 rings (SSSR count). The highest BCUT2D eigenvalue weighted by atomic mass is 32.2. The summed E-state index contributed by atoms with van der Waals surface area (Å²) >= 11 is 0. The van der Waals surface area contributed by atoms with Gasteiger partial charge in [0.2, 0.25) is 15.9 Å². The van der Waals surface area contributed by atoms with Crippen molar-refractivity contribution in [3.63, 3.8) is 0 Å². The maximum Gasteiger partial charge on any atom is 0.240 e. The third-order valence-electron chi connectivity index (χ3n) is 3.39. The fourth-order valence-corrected chi connectivity index (χ4v) is 3.19. The summed E-state index contributed by atoms with van der Waals surface area (Å²) in [4.78, 5) is 13.6. The zero-order valence-corrected chi connectivity index (χ0v) is 13.8. The second-order valence-corrected chi connectivity index (χ2v) is 6.90. The molecule has 0 radical (unpaired) electrons. The normalized spacial score (nSPS) is 11.2. The zero-order valence-electron chi connectivity index (χ0n) is 13.0. The first-order chi connectivity index (χ1) is 11.0. The number of hydrogen-bond acceptors (Lipinski definition) is 3. The van der Waals surface area contributed by atoms with Crippen LogP contribution in [0.15, 0.2) is 65.6 Å². The van der Waals surface area contributed by atoms with E-state index in [-0.39, 0.29) is 17.3 Å². The minimum Gasteiger partial charge on any atom is -0.337 e. The minimum atomic E-state index is -3.54. The first-order valence-corrected chi connectivity index (χ1v) is 8.81. The van der Waals surface area contributed by atoms with Crippen LogP contribution in [0, 0.1) is 0 Å². The summed E-state index contributed by atoms with van der Waals surface area (Å²) in [5, 5.41) is 0. The number of carbonyl (C=O) groups is 1. The molecule has 0 aliphatic heterocycles. The van der Waals surface area contributed by atoms with Crippen molar-refractivity contribution in [2.45, 2.75) is 18.4 Å². The maximum atomic E-state index is 12.1. The molecule has 0 fully saturated rings. The third-order valence-corrected chi connectivity index (χ3v) is 4.87. The van der Waals surface area contributed by atoms with E-state index < -0.39 is 10.0 Å². The second-order valence-electron chi connectivity index (χ2n) is 5.14. The molecule has 0 aromatic heterocycles. The van der Waals surface area contributed by atoms with E-state index in [1.54, 1.807) is 23.1 Å². The van der Waals surface area contributed by atoms with E-state index in [4.69, 9.17) is 0 Å². The van der Waals surface area contributed by atoms with Crippen LogP contribution in [-0.2, 0) is 21.4 Å². The highest BCUT2D eigenvalue weighted by Crippen LogP contribution is 2.07. The highest BCUT2D eigenvalue weighted by Gasteiger charge is 2.14. The number of rotatable bonds is 7. The van der Waals surface area contributed by atoms with Crippen molar-refractivity contribution in [3.05, 3.63) is 66.2 Å². The Morgan fingerprint density at radius 1 is 1.00 bits per heavy atom. The fraction of sp³-hybridized carbons (Fsp3) is 0.235. The van der Waals surface area contributed by atoms with Gasteiger partial charge in [-0.15, -0.1) is 0 Å². The molecule has 23 heavy (non-hydrogen) atoms. The van der Waals surface area contributed by atoms with Gasteiger partial charge in [0.15, 0.2) is 0 Å². The van der Waals surface area contributed by atoms with Crippen molar-refractivity contribution in [2.24, 2.45) is 0 Å². The van der Waals surface area contributed by atoms with E-state index >= 15 is 0 Å². The van der Waals surface area contributed by atoms with Crippen molar-refractivity contribution in [1.82, 2.24) is 9.62 Å². The minimum absolute atomic E-state index is 0.0900. The Hall–Kier alpha value is -2.18. The topological polar surface area (TPSA) is 66.5 Å². The largest absolute Gasteiger partial charge is 0.337 e.